The number of aryl methyl sites for hydroxylation is 1. The fourth-order valence-corrected chi connectivity index (χ4v) is 2.92. The predicted molar refractivity (Wildman–Crippen MR) is 83.6 cm³/mol. The van der Waals surface area contributed by atoms with Crippen LogP contribution in [0.5, 0.6) is 5.75 Å². The highest BCUT2D eigenvalue weighted by Gasteiger charge is 2.24. The zero-order valence-electron chi connectivity index (χ0n) is 12.5. The van der Waals surface area contributed by atoms with Gasteiger partial charge in [0.2, 0.25) is 5.88 Å². The second-order valence-electron chi connectivity index (χ2n) is 5.59. The molecule has 0 unspecified atom stereocenters. The molecule has 0 radical (unpaired) electrons. The van der Waals surface area contributed by atoms with Crippen LogP contribution < -0.4 is 10.1 Å². The molecule has 0 aliphatic heterocycles. The average Bonchev–Trinajstić information content (AvgIpc) is 2.89. The van der Waals surface area contributed by atoms with Gasteiger partial charge in [-0.05, 0) is 43.4 Å². The predicted octanol–water partition coefficient (Wildman–Crippen LogP) is 3.71. The van der Waals surface area contributed by atoms with Crippen molar-refractivity contribution >= 4 is 23.4 Å². The number of halogens is 1. The van der Waals surface area contributed by atoms with E-state index < -0.39 is 0 Å². The van der Waals surface area contributed by atoms with Crippen LogP contribution in [-0.4, -0.2) is 18.2 Å². The summed E-state index contributed by atoms with van der Waals surface area (Å²) in [7, 11) is 1.53. The molecule has 0 saturated heterocycles. The Balaban J connectivity index is 1.80. The number of fused-ring (bicyclic) bond motifs is 1. The van der Waals surface area contributed by atoms with Gasteiger partial charge in [0.15, 0.2) is 0 Å². The van der Waals surface area contributed by atoms with Crippen molar-refractivity contribution < 1.29 is 14.1 Å². The third kappa shape index (κ3) is 2.81. The Morgan fingerprint density at radius 2 is 2.32 bits per heavy atom. The molecule has 1 N–H and O–H groups in total. The normalized spacial score (nSPS) is 17.0. The minimum Gasteiger partial charge on any atom is -0.495 e. The minimum atomic E-state index is -0.276. The molecule has 116 valence electrons. The first-order chi connectivity index (χ1) is 10.6. The van der Waals surface area contributed by atoms with Gasteiger partial charge < -0.3 is 9.26 Å². The lowest BCUT2D eigenvalue weighted by Crippen LogP contribution is -2.15. The van der Waals surface area contributed by atoms with Gasteiger partial charge in [-0.25, -0.2) is 0 Å². The number of ether oxygens (including phenoxy) is 1. The van der Waals surface area contributed by atoms with Gasteiger partial charge in [0.25, 0.3) is 5.91 Å². The molecule has 1 heterocycles. The molecular formula is C16H17ClN2O3. The Labute approximate surface area is 133 Å². The summed E-state index contributed by atoms with van der Waals surface area (Å²) in [5.74, 6) is 1.27. The summed E-state index contributed by atoms with van der Waals surface area (Å²) in [5.41, 5.74) is 2.40. The Bertz CT molecular complexity index is 711. The summed E-state index contributed by atoms with van der Waals surface area (Å²) in [6.07, 6.45) is 2.86. The van der Waals surface area contributed by atoms with Crippen LogP contribution in [0.25, 0.3) is 0 Å². The van der Waals surface area contributed by atoms with Crippen LogP contribution in [0.3, 0.4) is 0 Å². The minimum absolute atomic E-state index is 0.276. The van der Waals surface area contributed by atoms with E-state index in [4.69, 9.17) is 20.9 Å². The number of anilines is 1. The van der Waals surface area contributed by atoms with Crippen LogP contribution in [0.1, 0.15) is 35.0 Å². The molecule has 1 aliphatic rings. The van der Waals surface area contributed by atoms with Crippen LogP contribution >= 0.6 is 11.6 Å². The topological polar surface area (TPSA) is 64.4 Å². The van der Waals surface area contributed by atoms with Crippen molar-refractivity contribution in [2.24, 2.45) is 5.92 Å². The summed E-state index contributed by atoms with van der Waals surface area (Å²) in [4.78, 5) is 12.3. The smallest absolute Gasteiger partial charge is 0.258 e. The van der Waals surface area contributed by atoms with E-state index in [-0.39, 0.29) is 5.91 Å². The first kappa shape index (κ1) is 14.9. The van der Waals surface area contributed by atoms with Gasteiger partial charge >= 0.3 is 0 Å². The highest BCUT2D eigenvalue weighted by molar-refractivity contribution is 6.32. The largest absolute Gasteiger partial charge is 0.495 e. The summed E-state index contributed by atoms with van der Waals surface area (Å²) in [5, 5.41) is 7.22. The summed E-state index contributed by atoms with van der Waals surface area (Å²) < 4.78 is 10.4. The molecule has 3 rings (SSSR count). The van der Waals surface area contributed by atoms with Crippen molar-refractivity contribution in [3.8, 4) is 5.75 Å². The van der Waals surface area contributed by atoms with Crippen LogP contribution in [-0.2, 0) is 12.8 Å². The Morgan fingerprint density at radius 1 is 1.50 bits per heavy atom. The molecule has 0 saturated carbocycles. The van der Waals surface area contributed by atoms with Gasteiger partial charge in [-0.1, -0.05) is 23.7 Å². The Hall–Kier alpha value is -2.01. The lowest BCUT2D eigenvalue weighted by molar-refractivity contribution is 0.102. The monoisotopic (exact) mass is 320 g/mol. The number of benzene rings is 1. The number of aromatic nitrogens is 1. The quantitative estimate of drug-likeness (QED) is 0.936. The molecular weight excluding hydrogens is 304 g/mol. The fourth-order valence-electron chi connectivity index (χ4n) is 2.66. The first-order valence-electron chi connectivity index (χ1n) is 7.20. The van der Waals surface area contributed by atoms with E-state index in [0.717, 1.165) is 30.5 Å². The second kappa shape index (κ2) is 6.01. The maximum absolute atomic E-state index is 12.3. The number of carbonyl (C=O) groups is 1. The van der Waals surface area contributed by atoms with Gasteiger partial charge in [0.1, 0.15) is 5.75 Å². The van der Waals surface area contributed by atoms with Gasteiger partial charge in [-0.2, -0.15) is 0 Å². The number of nitrogens with one attached hydrogen (secondary N) is 1. The molecule has 0 bridgehead atoms. The maximum Gasteiger partial charge on any atom is 0.258 e. The van der Waals surface area contributed by atoms with Gasteiger partial charge in [-0.3, -0.25) is 10.1 Å². The van der Waals surface area contributed by atoms with Gasteiger partial charge in [0, 0.05) is 11.1 Å². The third-order valence-corrected chi connectivity index (χ3v) is 4.23. The van der Waals surface area contributed by atoms with Gasteiger partial charge in [0.05, 0.1) is 17.8 Å². The molecule has 1 aromatic heterocycles. The lowest BCUT2D eigenvalue weighted by Gasteiger charge is -2.16. The Morgan fingerprint density at radius 3 is 3.05 bits per heavy atom. The van der Waals surface area contributed by atoms with E-state index in [1.54, 1.807) is 18.2 Å². The molecule has 1 amide bonds. The number of hydrogen-bond acceptors (Lipinski definition) is 4. The molecule has 1 atom stereocenters. The standard InChI is InChI=1S/C16H17ClN2O3/c1-9-3-5-13-11(7-9)16(22-19-13)18-15(20)10-4-6-14(21-2)12(17)8-10/h4,6,8-9H,3,5,7H2,1-2H3,(H,18,20)/t9-/m0/s1. The van der Waals surface area contributed by atoms with Crippen LogP contribution in [0, 0.1) is 5.92 Å². The van der Waals surface area contributed by atoms with E-state index in [1.165, 1.54) is 7.11 Å². The highest BCUT2D eigenvalue weighted by atomic mass is 35.5. The highest BCUT2D eigenvalue weighted by Crippen LogP contribution is 2.31. The van der Waals surface area contributed by atoms with Crippen molar-refractivity contribution in [3.63, 3.8) is 0 Å². The van der Waals surface area contributed by atoms with Crippen LogP contribution in [0.15, 0.2) is 22.7 Å². The van der Waals surface area contributed by atoms with Crippen molar-refractivity contribution in [1.29, 1.82) is 0 Å². The third-order valence-electron chi connectivity index (χ3n) is 3.94. The van der Waals surface area contributed by atoms with E-state index in [2.05, 4.69) is 17.4 Å². The molecule has 22 heavy (non-hydrogen) atoms. The molecule has 2 aromatic rings. The molecule has 5 nitrogen and oxygen atoms in total. The average molecular weight is 321 g/mol. The first-order valence-corrected chi connectivity index (χ1v) is 7.58. The number of nitrogens with zero attached hydrogens (tertiary/aromatic N) is 1. The molecule has 1 aliphatic carbocycles. The van der Waals surface area contributed by atoms with E-state index in [1.807, 2.05) is 0 Å². The maximum atomic E-state index is 12.3. The van der Waals surface area contributed by atoms with E-state index >= 15 is 0 Å². The van der Waals surface area contributed by atoms with Crippen LogP contribution in [0.4, 0.5) is 5.88 Å². The number of methoxy groups -OCH3 is 1. The van der Waals surface area contributed by atoms with E-state index in [0.29, 0.717) is 28.1 Å². The van der Waals surface area contributed by atoms with Crippen molar-refractivity contribution in [2.75, 3.05) is 12.4 Å². The Kier molecular flexibility index (Phi) is 4.07. The summed E-state index contributed by atoms with van der Waals surface area (Å²) in [6.45, 7) is 2.19. The molecule has 6 heteroatoms. The van der Waals surface area contributed by atoms with Crippen molar-refractivity contribution in [1.82, 2.24) is 5.16 Å². The lowest BCUT2D eigenvalue weighted by atomic mass is 9.89. The van der Waals surface area contributed by atoms with Crippen molar-refractivity contribution in [2.45, 2.75) is 26.2 Å². The second-order valence-corrected chi connectivity index (χ2v) is 6.00. The molecule has 1 aromatic carbocycles. The summed E-state index contributed by atoms with van der Waals surface area (Å²) >= 11 is 6.05. The van der Waals surface area contributed by atoms with Gasteiger partial charge in [-0.15, -0.1) is 0 Å². The zero-order chi connectivity index (χ0) is 15.7. The van der Waals surface area contributed by atoms with E-state index in [9.17, 15) is 4.79 Å². The fraction of sp³-hybridized carbons (Fsp3) is 0.375. The summed E-state index contributed by atoms with van der Waals surface area (Å²) in [6, 6.07) is 4.89. The number of amides is 1. The number of hydrogen-bond donors (Lipinski definition) is 1. The number of carbonyl (C=O) groups excluding carboxylic acids is 1. The molecule has 0 fully saturated rings. The zero-order valence-corrected chi connectivity index (χ0v) is 13.2. The van der Waals surface area contributed by atoms with Crippen LogP contribution in [0.2, 0.25) is 5.02 Å². The molecule has 0 spiro atoms. The number of rotatable bonds is 3. The van der Waals surface area contributed by atoms with Crippen molar-refractivity contribution in [3.05, 3.63) is 40.0 Å². The SMILES string of the molecule is COc1ccc(C(=O)Nc2onc3c2C[C@@H](C)CC3)cc1Cl.